The normalized spacial score (nSPS) is 22.6. The first kappa shape index (κ1) is 15.0. The molecule has 4 heteroatoms. The van der Waals surface area contributed by atoms with E-state index in [9.17, 15) is 14.3 Å². The van der Waals surface area contributed by atoms with E-state index in [0.29, 0.717) is 6.54 Å². The van der Waals surface area contributed by atoms with Gasteiger partial charge in [0.1, 0.15) is 11.9 Å². The number of halogens is 1. The third kappa shape index (κ3) is 3.18. The zero-order chi connectivity index (χ0) is 14.7. The minimum absolute atomic E-state index is 0.124. The summed E-state index contributed by atoms with van der Waals surface area (Å²) in [5.41, 5.74) is 0.973. The molecule has 0 spiro atoms. The van der Waals surface area contributed by atoms with Crippen LogP contribution in [0.15, 0.2) is 24.3 Å². The van der Waals surface area contributed by atoms with Crippen molar-refractivity contribution in [1.29, 1.82) is 0 Å². The predicted molar refractivity (Wildman–Crippen MR) is 76.2 cm³/mol. The lowest BCUT2D eigenvalue weighted by Crippen LogP contribution is -2.44. The molecule has 1 aromatic rings. The summed E-state index contributed by atoms with van der Waals surface area (Å²) in [6, 6.07) is 6.22. The third-order valence-corrected chi connectivity index (χ3v) is 4.37. The van der Waals surface area contributed by atoms with Crippen LogP contribution >= 0.6 is 0 Å². The van der Waals surface area contributed by atoms with E-state index in [1.807, 2.05) is 24.8 Å². The summed E-state index contributed by atoms with van der Waals surface area (Å²) in [6.45, 7) is 5.46. The first-order valence-corrected chi connectivity index (χ1v) is 7.25. The molecule has 0 aromatic heterocycles. The number of hydrogen-bond donors (Lipinski definition) is 1. The van der Waals surface area contributed by atoms with Gasteiger partial charge in [0.05, 0.1) is 0 Å². The number of carbonyl (C=O) groups is 1. The molecule has 1 N–H and O–H groups in total. The number of likely N-dealkylation sites (tertiary alicyclic amines) is 1. The van der Waals surface area contributed by atoms with Gasteiger partial charge in [-0.15, -0.1) is 0 Å². The molecule has 0 amide bonds. The Hall–Kier alpha value is -1.42. The summed E-state index contributed by atoms with van der Waals surface area (Å²) < 4.78 is 13.3. The van der Waals surface area contributed by atoms with Gasteiger partial charge >= 0.3 is 5.97 Å². The Labute approximate surface area is 119 Å². The molecule has 3 nitrogen and oxygen atoms in total. The van der Waals surface area contributed by atoms with Crippen LogP contribution < -0.4 is 0 Å². The largest absolute Gasteiger partial charge is 0.480 e. The SMILES string of the molecule is CC[C@@H](C)[C@H](C(=O)O)N1CC[C@@H](c2cccc(F)c2)C1. The zero-order valence-electron chi connectivity index (χ0n) is 12.1. The van der Waals surface area contributed by atoms with E-state index >= 15 is 0 Å². The first-order chi connectivity index (χ1) is 9.52. The van der Waals surface area contributed by atoms with Crippen molar-refractivity contribution in [3.63, 3.8) is 0 Å². The fourth-order valence-corrected chi connectivity index (χ4v) is 3.06. The lowest BCUT2D eigenvalue weighted by atomic mass is 9.97. The van der Waals surface area contributed by atoms with Crippen molar-refractivity contribution in [2.24, 2.45) is 5.92 Å². The van der Waals surface area contributed by atoms with Crippen LogP contribution in [-0.2, 0) is 4.79 Å². The van der Waals surface area contributed by atoms with E-state index in [1.54, 1.807) is 12.1 Å². The molecule has 1 aliphatic heterocycles. The summed E-state index contributed by atoms with van der Waals surface area (Å²) in [5, 5.41) is 9.43. The van der Waals surface area contributed by atoms with Crippen LogP contribution in [-0.4, -0.2) is 35.1 Å². The van der Waals surface area contributed by atoms with Gasteiger partial charge in [0, 0.05) is 6.54 Å². The predicted octanol–water partition coefficient (Wildman–Crippen LogP) is 3.11. The second kappa shape index (κ2) is 6.35. The van der Waals surface area contributed by atoms with Gasteiger partial charge in [0.2, 0.25) is 0 Å². The highest BCUT2D eigenvalue weighted by Gasteiger charge is 2.35. The maximum Gasteiger partial charge on any atom is 0.321 e. The molecule has 1 aromatic carbocycles. The number of aliphatic carboxylic acids is 1. The summed E-state index contributed by atoms with van der Waals surface area (Å²) in [6.07, 6.45) is 1.74. The molecular formula is C16H22FNO2. The summed E-state index contributed by atoms with van der Waals surface area (Å²) in [4.78, 5) is 13.5. The van der Waals surface area contributed by atoms with Crippen molar-refractivity contribution in [2.75, 3.05) is 13.1 Å². The van der Waals surface area contributed by atoms with Gasteiger partial charge in [-0.05, 0) is 42.5 Å². The molecule has 1 fully saturated rings. The Morgan fingerprint density at radius 2 is 2.30 bits per heavy atom. The number of carboxylic acids is 1. The molecule has 0 bridgehead atoms. The average Bonchev–Trinajstić information content (AvgIpc) is 2.87. The van der Waals surface area contributed by atoms with Gasteiger partial charge in [0.25, 0.3) is 0 Å². The number of carboxylic acid groups (broad SMARTS) is 1. The molecule has 0 unspecified atom stereocenters. The Bertz CT molecular complexity index is 477. The van der Waals surface area contributed by atoms with Gasteiger partial charge in [-0.25, -0.2) is 4.39 Å². The van der Waals surface area contributed by atoms with Crippen molar-refractivity contribution in [1.82, 2.24) is 4.90 Å². The monoisotopic (exact) mass is 279 g/mol. The number of nitrogens with zero attached hydrogens (tertiary/aromatic N) is 1. The summed E-state index contributed by atoms with van der Waals surface area (Å²) >= 11 is 0. The van der Waals surface area contributed by atoms with E-state index < -0.39 is 12.0 Å². The highest BCUT2D eigenvalue weighted by Crippen LogP contribution is 2.30. The molecule has 110 valence electrons. The number of benzene rings is 1. The molecular weight excluding hydrogens is 257 g/mol. The first-order valence-electron chi connectivity index (χ1n) is 7.25. The molecule has 1 heterocycles. The highest BCUT2D eigenvalue weighted by atomic mass is 19.1. The Morgan fingerprint density at radius 3 is 2.90 bits per heavy atom. The smallest absolute Gasteiger partial charge is 0.321 e. The maximum atomic E-state index is 13.3. The molecule has 20 heavy (non-hydrogen) atoms. The molecule has 1 saturated heterocycles. The second-order valence-corrected chi connectivity index (χ2v) is 5.70. The van der Waals surface area contributed by atoms with Crippen molar-refractivity contribution < 1.29 is 14.3 Å². The lowest BCUT2D eigenvalue weighted by molar-refractivity contribution is -0.144. The number of rotatable bonds is 5. The standard InChI is InChI=1S/C16H22FNO2/c1-3-11(2)15(16(19)20)18-8-7-13(10-18)12-5-4-6-14(17)9-12/h4-6,9,11,13,15H,3,7-8,10H2,1-2H3,(H,19,20)/t11-,13-,15-/m1/s1. The quantitative estimate of drug-likeness (QED) is 0.900. The Kier molecular flexibility index (Phi) is 4.76. The second-order valence-electron chi connectivity index (χ2n) is 5.70. The van der Waals surface area contributed by atoms with Crippen LogP contribution in [0.25, 0.3) is 0 Å². The molecule has 0 saturated carbocycles. The van der Waals surface area contributed by atoms with Crippen molar-refractivity contribution in [3.8, 4) is 0 Å². The van der Waals surface area contributed by atoms with Gasteiger partial charge < -0.3 is 5.11 Å². The Morgan fingerprint density at radius 1 is 1.55 bits per heavy atom. The Balaban J connectivity index is 2.09. The van der Waals surface area contributed by atoms with E-state index in [-0.39, 0.29) is 17.7 Å². The average molecular weight is 279 g/mol. The summed E-state index contributed by atoms with van der Waals surface area (Å²) in [5.74, 6) is -0.618. The van der Waals surface area contributed by atoms with Gasteiger partial charge in [-0.1, -0.05) is 32.4 Å². The van der Waals surface area contributed by atoms with E-state index in [2.05, 4.69) is 0 Å². The number of hydrogen-bond acceptors (Lipinski definition) is 2. The van der Waals surface area contributed by atoms with Crippen LogP contribution in [0.2, 0.25) is 0 Å². The van der Waals surface area contributed by atoms with Crippen LogP contribution in [0.1, 0.15) is 38.2 Å². The third-order valence-electron chi connectivity index (χ3n) is 4.37. The van der Waals surface area contributed by atoms with Crippen LogP contribution in [0.5, 0.6) is 0 Å². The van der Waals surface area contributed by atoms with Crippen LogP contribution in [0, 0.1) is 11.7 Å². The van der Waals surface area contributed by atoms with Gasteiger partial charge in [-0.2, -0.15) is 0 Å². The highest BCUT2D eigenvalue weighted by molar-refractivity contribution is 5.74. The van der Waals surface area contributed by atoms with E-state index in [4.69, 9.17) is 0 Å². The minimum atomic E-state index is -0.751. The molecule has 3 atom stereocenters. The van der Waals surface area contributed by atoms with Gasteiger partial charge in [-0.3, -0.25) is 9.69 Å². The van der Waals surface area contributed by atoms with Gasteiger partial charge in [0.15, 0.2) is 0 Å². The fourth-order valence-electron chi connectivity index (χ4n) is 3.06. The molecule has 0 radical (unpaired) electrons. The minimum Gasteiger partial charge on any atom is -0.480 e. The van der Waals surface area contributed by atoms with Crippen molar-refractivity contribution in [2.45, 2.75) is 38.6 Å². The van der Waals surface area contributed by atoms with E-state index in [1.165, 1.54) is 6.07 Å². The van der Waals surface area contributed by atoms with Crippen LogP contribution in [0.4, 0.5) is 4.39 Å². The van der Waals surface area contributed by atoms with E-state index in [0.717, 1.165) is 24.9 Å². The van der Waals surface area contributed by atoms with Crippen molar-refractivity contribution >= 4 is 5.97 Å². The fraction of sp³-hybridized carbons (Fsp3) is 0.562. The maximum absolute atomic E-state index is 13.3. The summed E-state index contributed by atoms with van der Waals surface area (Å²) in [7, 11) is 0. The molecule has 2 rings (SSSR count). The molecule has 0 aliphatic carbocycles. The molecule has 1 aliphatic rings. The van der Waals surface area contributed by atoms with Crippen molar-refractivity contribution in [3.05, 3.63) is 35.6 Å². The lowest BCUT2D eigenvalue weighted by Gasteiger charge is -2.28. The van der Waals surface area contributed by atoms with Crippen LogP contribution in [0.3, 0.4) is 0 Å². The topological polar surface area (TPSA) is 40.5 Å². The zero-order valence-corrected chi connectivity index (χ0v) is 12.1.